The van der Waals surface area contributed by atoms with Crippen LogP contribution < -0.4 is 0 Å². The summed E-state index contributed by atoms with van der Waals surface area (Å²) in [5.41, 5.74) is 4.12. The molecule has 0 saturated heterocycles. The molecule has 5 aromatic rings. The summed E-state index contributed by atoms with van der Waals surface area (Å²) < 4.78 is 26.1. The minimum Gasteiger partial charge on any atom is -0.207 e. The van der Waals surface area contributed by atoms with Gasteiger partial charge in [-0.25, -0.2) is 8.78 Å². The van der Waals surface area contributed by atoms with E-state index in [1.807, 2.05) is 24.3 Å². The van der Waals surface area contributed by atoms with Gasteiger partial charge in [-0.2, -0.15) is 0 Å². The van der Waals surface area contributed by atoms with Crippen molar-refractivity contribution in [3.8, 4) is 0 Å². The molecule has 0 atom stereocenters. The summed E-state index contributed by atoms with van der Waals surface area (Å²) in [6.45, 7) is 0. The van der Waals surface area contributed by atoms with Crippen molar-refractivity contribution in [1.29, 1.82) is 0 Å². The van der Waals surface area contributed by atoms with Crippen LogP contribution in [0.3, 0.4) is 0 Å². The summed E-state index contributed by atoms with van der Waals surface area (Å²) in [4.78, 5) is 0. The van der Waals surface area contributed by atoms with Crippen molar-refractivity contribution in [2.24, 2.45) is 0 Å². The van der Waals surface area contributed by atoms with Gasteiger partial charge in [0, 0.05) is 0 Å². The van der Waals surface area contributed by atoms with Gasteiger partial charge in [0.2, 0.25) is 0 Å². The standard InChI is InChI=1S/C30H20F2/c31-29-13-7-21(8-14-29)1-3-23-5-11-25-20-28-18-24(6-12-26(28)19-27(25)17-23)4-2-22-9-15-30(32)16-10-22/h1-20H. The zero-order valence-corrected chi connectivity index (χ0v) is 17.3. The molecule has 0 aliphatic heterocycles. The Hall–Kier alpha value is -4.04. The first kappa shape index (κ1) is 19.9. The van der Waals surface area contributed by atoms with Crippen molar-refractivity contribution in [2.75, 3.05) is 0 Å². The second-order valence-electron chi connectivity index (χ2n) is 7.84. The second kappa shape index (κ2) is 8.60. The SMILES string of the molecule is Fc1ccc(C=Cc2ccc3cc4cc(C=Cc5ccc(F)cc5)ccc4cc3c2)cc1. The van der Waals surface area contributed by atoms with Gasteiger partial charge in [-0.05, 0) is 92.3 Å². The molecule has 5 aromatic carbocycles. The Morgan fingerprint density at radius 1 is 0.344 bits per heavy atom. The van der Waals surface area contributed by atoms with Crippen molar-refractivity contribution in [3.05, 3.63) is 131 Å². The second-order valence-corrected chi connectivity index (χ2v) is 7.84. The lowest BCUT2D eigenvalue weighted by molar-refractivity contribution is 0.627. The van der Waals surface area contributed by atoms with E-state index in [-0.39, 0.29) is 11.6 Å². The van der Waals surface area contributed by atoms with E-state index in [1.165, 1.54) is 45.8 Å². The third kappa shape index (κ3) is 4.50. The molecule has 5 rings (SSSR count). The van der Waals surface area contributed by atoms with E-state index in [9.17, 15) is 8.78 Å². The number of hydrogen-bond donors (Lipinski definition) is 0. The first-order chi connectivity index (χ1) is 15.6. The molecule has 0 amide bonds. The maximum atomic E-state index is 13.1. The Morgan fingerprint density at radius 3 is 1.09 bits per heavy atom. The molecule has 0 aliphatic rings. The fourth-order valence-electron chi connectivity index (χ4n) is 3.77. The molecule has 0 heterocycles. The molecule has 0 bridgehead atoms. The average Bonchev–Trinajstić information content (AvgIpc) is 2.82. The molecule has 0 unspecified atom stereocenters. The van der Waals surface area contributed by atoms with Gasteiger partial charge in [-0.15, -0.1) is 0 Å². The first-order valence-electron chi connectivity index (χ1n) is 10.5. The van der Waals surface area contributed by atoms with E-state index >= 15 is 0 Å². The van der Waals surface area contributed by atoms with E-state index in [4.69, 9.17) is 0 Å². The normalized spacial score (nSPS) is 11.8. The highest BCUT2D eigenvalue weighted by Crippen LogP contribution is 2.26. The van der Waals surface area contributed by atoms with Crippen LogP contribution in [0.2, 0.25) is 0 Å². The monoisotopic (exact) mass is 418 g/mol. The molecule has 0 aliphatic carbocycles. The van der Waals surface area contributed by atoms with Crippen molar-refractivity contribution in [3.63, 3.8) is 0 Å². The predicted molar refractivity (Wildman–Crippen MR) is 132 cm³/mol. The van der Waals surface area contributed by atoms with Gasteiger partial charge in [-0.1, -0.05) is 72.8 Å². The van der Waals surface area contributed by atoms with Crippen LogP contribution in [0.25, 0.3) is 45.8 Å². The summed E-state index contributed by atoms with van der Waals surface area (Å²) in [5, 5.41) is 4.70. The van der Waals surface area contributed by atoms with Crippen LogP contribution in [-0.4, -0.2) is 0 Å². The Labute approximate surface area is 185 Å². The number of hydrogen-bond acceptors (Lipinski definition) is 0. The highest BCUT2D eigenvalue weighted by molar-refractivity contribution is 6.00. The molecule has 0 fully saturated rings. The molecule has 0 aromatic heterocycles. The smallest absolute Gasteiger partial charge is 0.123 e. The molecule has 0 N–H and O–H groups in total. The first-order valence-corrected chi connectivity index (χ1v) is 10.5. The van der Waals surface area contributed by atoms with Gasteiger partial charge in [-0.3, -0.25) is 0 Å². The van der Waals surface area contributed by atoms with Gasteiger partial charge in [0.25, 0.3) is 0 Å². The molecule has 0 saturated carbocycles. The zero-order valence-electron chi connectivity index (χ0n) is 17.3. The number of halogens is 2. The van der Waals surface area contributed by atoms with E-state index in [1.54, 1.807) is 24.3 Å². The van der Waals surface area contributed by atoms with Crippen LogP contribution in [-0.2, 0) is 0 Å². The van der Waals surface area contributed by atoms with Gasteiger partial charge in [0.15, 0.2) is 0 Å². The lowest BCUT2D eigenvalue weighted by atomic mass is 9.99. The molecule has 2 heteroatoms. The van der Waals surface area contributed by atoms with Crippen molar-refractivity contribution in [1.82, 2.24) is 0 Å². The fraction of sp³-hybridized carbons (Fsp3) is 0. The van der Waals surface area contributed by atoms with Crippen LogP contribution in [0.1, 0.15) is 22.3 Å². The van der Waals surface area contributed by atoms with Gasteiger partial charge in [0.05, 0.1) is 0 Å². The number of rotatable bonds is 4. The maximum Gasteiger partial charge on any atom is 0.123 e. The van der Waals surface area contributed by atoms with E-state index in [0.717, 1.165) is 22.3 Å². The minimum absolute atomic E-state index is 0.228. The van der Waals surface area contributed by atoms with Gasteiger partial charge < -0.3 is 0 Å². The largest absolute Gasteiger partial charge is 0.207 e. The van der Waals surface area contributed by atoms with Crippen LogP contribution in [0.15, 0.2) is 97.1 Å². The van der Waals surface area contributed by atoms with Crippen molar-refractivity contribution >= 4 is 45.8 Å². The van der Waals surface area contributed by atoms with E-state index in [2.05, 4.69) is 48.5 Å². The summed E-state index contributed by atoms with van der Waals surface area (Å²) in [6.07, 6.45) is 8.06. The lowest BCUT2D eigenvalue weighted by Gasteiger charge is -2.05. The van der Waals surface area contributed by atoms with Gasteiger partial charge in [0.1, 0.15) is 11.6 Å². The quantitative estimate of drug-likeness (QED) is 0.202. The molecule has 0 radical (unpaired) electrons. The van der Waals surface area contributed by atoms with Crippen LogP contribution in [0, 0.1) is 11.6 Å². The number of benzene rings is 5. The van der Waals surface area contributed by atoms with Crippen LogP contribution in [0.4, 0.5) is 8.78 Å². The maximum absolute atomic E-state index is 13.1. The van der Waals surface area contributed by atoms with Crippen LogP contribution >= 0.6 is 0 Å². The summed E-state index contributed by atoms with van der Waals surface area (Å²) >= 11 is 0. The summed E-state index contributed by atoms with van der Waals surface area (Å²) in [6, 6.07) is 30.1. The topological polar surface area (TPSA) is 0 Å². The Kier molecular flexibility index (Phi) is 5.35. The molecular weight excluding hydrogens is 398 g/mol. The number of fused-ring (bicyclic) bond motifs is 2. The molecular formula is C30H20F2. The summed E-state index contributed by atoms with van der Waals surface area (Å²) in [5.74, 6) is -0.456. The molecule has 32 heavy (non-hydrogen) atoms. The molecule has 0 nitrogen and oxygen atoms in total. The van der Waals surface area contributed by atoms with Crippen molar-refractivity contribution in [2.45, 2.75) is 0 Å². The Balaban J connectivity index is 1.42. The molecule has 154 valence electrons. The van der Waals surface area contributed by atoms with Gasteiger partial charge >= 0.3 is 0 Å². The molecule has 0 spiro atoms. The van der Waals surface area contributed by atoms with E-state index < -0.39 is 0 Å². The lowest BCUT2D eigenvalue weighted by Crippen LogP contribution is -1.81. The van der Waals surface area contributed by atoms with Crippen LogP contribution in [0.5, 0.6) is 0 Å². The summed E-state index contributed by atoms with van der Waals surface area (Å²) in [7, 11) is 0. The van der Waals surface area contributed by atoms with E-state index in [0.29, 0.717) is 0 Å². The Morgan fingerprint density at radius 2 is 0.688 bits per heavy atom. The Bertz CT molecular complexity index is 1340. The fourth-order valence-corrected chi connectivity index (χ4v) is 3.77. The third-order valence-corrected chi connectivity index (χ3v) is 5.52. The average molecular weight is 418 g/mol. The van der Waals surface area contributed by atoms with Crippen molar-refractivity contribution < 1.29 is 8.78 Å². The highest BCUT2D eigenvalue weighted by atomic mass is 19.1. The highest BCUT2D eigenvalue weighted by Gasteiger charge is 2.01. The minimum atomic E-state index is -0.228. The predicted octanol–water partition coefficient (Wildman–Crippen LogP) is 8.61. The zero-order chi connectivity index (χ0) is 21.9. The third-order valence-electron chi connectivity index (χ3n) is 5.52.